The van der Waals surface area contributed by atoms with Crippen LogP contribution in [0.3, 0.4) is 0 Å². The zero-order chi connectivity index (χ0) is 22.0. The molecule has 1 aliphatic heterocycles. The summed E-state index contributed by atoms with van der Waals surface area (Å²) in [6.45, 7) is 4.07. The first-order valence-electron chi connectivity index (χ1n) is 10.6. The third-order valence-corrected chi connectivity index (χ3v) is 6.91. The number of hydrogen-bond acceptors (Lipinski definition) is 7. The van der Waals surface area contributed by atoms with E-state index in [4.69, 9.17) is 5.73 Å². The normalized spacial score (nSPS) is 14.8. The van der Waals surface area contributed by atoms with Crippen LogP contribution in [-0.2, 0) is 0 Å². The van der Waals surface area contributed by atoms with Crippen molar-refractivity contribution in [3.05, 3.63) is 64.5 Å². The van der Waals surface area contributed by atoms with Crippen LogP contribution in [0.5, 0.6) is 0 Å². The number of ketones is 1. The highest BCUT2D eigenvalue weighted by atomic mass is 32.1. The topological polar surface area (TPSA) is 74.5 Å². The maximum absolute atomic E-state index is 12.9. The monoisotopic (exact) mass is 435 g/mol. The Morgan fingerprint density at radius 1 is 1.13 bits per heavy atom. The van der Waals surface area contributed by atoms with Crippen molar-refractivity contribution in [1.82, 2.24) is 9.88 Å². The highest BCUT2D eigenvalue weighted by Gasteiger charge is 2.21. The van der Waals surface area contributed by atoms with Gasteiger partial charge in [-0.15, -0.1) is 0 Å². The van der Waals surface area contributed by atoms with E-state index in [-0.39, 0.29) is 11.6 Å². The van der Waals surface area contributed by atoms with Crippen LogP contribution in [0.25, 0.3) is 0 Å². The van der Waals surface area contributed by atoms with Gasteiger partial charge in [-0.3, -0.25) is 4.79 Å². The van der Waals surface area contributed by atoms with Crippen LogP contribution in [0.4, 0.5) is 22.3 Å². The lowest BCUT2D eigenvalue weighted by atomic mass is 10.0. The van der Waals surface area contributed by atoms with E-state index < -0.39 is 0 Å². The molecule has 0 unspecified atom stereocenters. The Labute approximate surface area is 187 Å². The minimum absolute atomic E-state index is 0.0855. The lowest BCUT2D eigenvalue weighted by molar-refractivity contribution is 0.104. The quantitative estimate of drug-likeness (QED) is 0.554. The average molecular weight is 436 g/mol. The van der Waals surface area contributed by atoms with Crippen LogP contribution < -0.4 is 16.0 Å². The minimum Gasteiger partial charge on any atom is -0.382 e. The van der Waals surface area contributed by atoms with Gasteiger partial charge in [-0.05, 0) is 63.7 Å². The maximum atomic E-state index is 12.9. The van der Waals surface area contributed by atoms with Gasteiger partial charge in [-0.25, -0.2) is 4.98 Å². The van der Waals surface area contributed by atoms with Gasteiger partial charge in [0.2, 0.25) is 5.78 Å². The van der Waals surface area contributed by atoms with Crippen molar-refractivity contribution < 1.29 is 4.79 Å². The van der Waals surface area contributed by atoms with Crippen LogP contribution in [-0.4, -0.2) is 48.9 Å². The van der Waals surface area contributed by atoms with E-state index in [0.717, 1.165) is 24.3 Å². The number of carbonyl (C=O) groups excluding carboxylic acids is 1. The zero-order valence-corrected chi connectivity index (χ0v) is 19.1. The average Bonchev–Trinajstić information content (AvgIpc) is 3.14. The smallest absolute Gasteiger partial charge is 0.207 e. The molecule has 162 valence electrons. The largest absolute Gasteiger partial charge is 0.382 e. The summed E-state index contributed by atoms with van der Waals surface area (Å²) in [5.74, 6) is 0.179. The van der Waals surface area contributed by atoms with E-state index in [1.54, 1.807) is 0 Å². The van der Waals surface area contributed by atoms with Gasteiger partial charge >= 0.3 is 0 Å². The molecule has 0 spiro atoms. The second-order valence-corrected chi connectivity index (χ2v) is 9.23. The van der Waals surface area contributed by atoms with E-state index >= 15 is 0 Å². The number of nitrogens with one attached hydrogen (secondary N) is 1. The molecule has 4 rings (SSSR count). The van der Waals surface area contributed by atoms with Gasteiger partial charge in [0, 0.05) is 36.1 Å². The lowest BCUT2D eigenvalue weighted by Gasteiger charge is -2.36. The highest BCUT2D eigenvalue weighted by Crippen LogP contribution is 2.31. The van der Waals surface area contributed by atoms with E-state index in [1.165, 1.54) is 29.9 Å². The van der Waals surface area contributed by atoms with E-state index in [0.29, 0.717) is 21.6 Å². The molecule has 31 heavy (non-hydrogen) atoms. The van der Waals surface area contributed by atoms with Gasteiger partial charge in [-0.2, -0.15) is 0 Å². The first-order chi connectivity index (χ1) is 14.9. The molecule has 2 aromatic carbocycles. The Balaban J connectivity index is 1.43. The fraction of sp³-hybridized carbons (Fsp3) is 0.333. The Bertz CT molecular complexity index is 1050. The minimum atomic E-state index is -0.0855. The van der Waals surface area contributed by atoms with Gasteiger partial charge in [-0.1, -0.05) is 35.6 Å². The fourth-order valence-electron chi connectivity index (χ4n) is 4.02. The second-order valence-electron chi connectivity index (χ2n) is 8.23. The van der Waals surface area contributed by atoms with Crippen LogP contribution in [0.15, 0.2) is 48.5 Å². The van der Waals surface area contributed by atoms with Crippen LogP contribution >= 0.6 is 11.3 Å². The Kier molecular flexibility index (Phi) is 6.25. The van der Waals surface area contributed by atoms with E-state index in [2.05, 4.69) is 46.3 Å². The first-order valence-corrected chi connectivity index (χ1v) is 11.4. The molecule has 0 saturated carbocycles. The number of benzene rings is 2. The number of hydrogen-bond donors (Lipinski definition) is 2. The summed E-state index contributed by atoms with van der Waals surface area (Å²) in [5, 5.41) is 3.91. The van der Waals surface area contributed by atoms with E-state index in [9.17, 15) is 4.79 Å². The van der Waals surface area contributed by atoms with Gasteiger partial charge < -0.3 is 20.9 Å². The van der Waals surface area contributed by atoms with Crippen molar-refractivity contribution in [3.63, 3.8) is 0 Å². The van der Waals surface area contributed by atoms with Crippen molar-refractivity contribution in [1.29, 1.82) is 0 Å². The molecular weight excluding hydrogens is 406 g/mol. The van der Waals surface area contributed by atoms with Crippen molar-refractivity contribution in [3.8, 4) is 0 Å². The van der Waals surface area contributed by atoms with Gasteiger partial charge in [0.25, 0.3) is 0 Å². The molecule has 2 heterocycles. The van der Waals surface area contributed by atoms with Crippen LogP contribution in [0.2, 0.25) is 0 Å². The molecule has 1 fully saturated rings. The highest BCUT2D eigenvalue weighted by molar-refractivity contribution is 7.18. The predicted molar refractivity (Wildman–Crippen MR) is 130 cm³/mol. The van der Waals surface area contributed by atoms with Crippen molar-refractivity contribution in [2.24, 2.45) is 0 Å². The molecule has 3 aromatic rings. The number of thiazole rings is 1. The van der Waals surface area contributed by atoms with Crippen molar-refractivity contribution in [2.75, 3.05) is 43.1 Å². The summed E-state index contributed by atoms with van der Waals surface area (Å²) in [7, 11) is 4.32. The van der Waals surface area contributed by atoms with Gasteiger partial charge in [0.1, 0.15) is 10.7 Å². The molecule has 3 N–H and O–H groups in total. The fourth-order valence-corrected chi connectivity index (χ4v) is 4.88. The summed E-state index contributed by atoms with van der Waals surface area (Å²) in [6, 6.07) is 16.6. The third kappa shape index (κ3) is 4.73. The summed E-state index contributed by atoms with van der Waals surface area (Å²) in [4.78, 5) is 22.5. The second kappa shape index (κ2) is 9.08. The Hall–Kier alpha value is -2.90. The Morgan fingerprint density at radius 3 is 2.45 bits per heavy atom. The molecule has 0 bridgehead atoms. The summed E-state index contributed by atoms with van der Waals surface area (Å²) in [6.07, 6.45) is 2.37. The molecule has 0 aliphatic carbocycles. The molecule has 0 atom stereocenters. The number of aromatic nitrogens is 1. The van der Waals surface area contributed by atoms with Crippen LogP contribution in [0.1, 0.15) is 33.6 Å². The van der Waals surface area contributed by atoms with E-state index in [1.807, 2.05) is 43.3 Å². The number of nitrogen functional groups attached to an aromatic ring is 1. The number of rotatable bonds is 6. The first kappa shape index (κ1) is 21.3. The molecule has 0 amide bonds. The molecule has 1 aromatic heterocycles. The third-order valence-electron chi connectivity index (χ3n) is 5.93. The summed E-state index contributed by atoms with van der Waals surface area (Å²) >= 11 is 1.29. The lowest BCUT2D eigenvalue weighted by Crippen LogP contribution is -2.41. The number of nitrogens with two attached hydrogens (primary N) is 1. The number of piperidine rings is 1. The standard InChI is InChI=1S/C24H29N5OS/c1-16-6-4-5-7-20(16)21(30)22-23(25)27-24(31-22)26-17-8-10-19(11-9-17)29-14-12-18(13-15-29)28(2)3/h4-11,18H,12-15,25H2,1-3H3,(H,26,27). The predicted octanol–water partition coefficient (Wildman–Crippen LogP) is 4.54. The molecule has 1 aliphatic rings. The molecule has 7 heteroatoms. The summed E-state index contributed by atoms with van der Waals surface area (Å²) in [5.41, 5.74) is 9.82. The molecule has 0 radical (unpaired) electrons. The van der Waals surface area contributed by atoms with Gasteiger partial charge in [0.15, 0.2) is 5.13 Å². The molecule has 6 nitrogen and oxygen atoms in total. The number of anilines is 4. The van der Waals surface area contributed by atoms with Gasteiger partial charge in [0.05, 0.1) is 0 Å². The number of carbonyl (C=O) groups is 1. The maximum Gasteiger partial charge on any atom is 0.207 e. The summed E-state index contributed by atoms with van der Waals surface area (Å²) < 4.78 is 0. The number of nitrogens with zero attached hydrogens (tertiary/aromatic N) is 3. The van der Waals surface area contributed by atoms with Crippen molar-refractivity contribution >= 4 is 39.4 Å². The zero-order valence-electron chi connectivity index (χ0n) is 18.3. The SMILES string of the molecule is Cc1ccccc1C(=O)c1sc(Nc2ccc(N3CCC(N(C)C)CC3)cc2)nc1N. The Morgan fingerprint density at radius 2 is 1.81 bits per heavy atom. The van der Waals surface area contributed by atoms with Crippen LogP contribution in [0, 0.1) is 6.92 Å². The van der Waals surface area contributed by atoms with Crippen molar-refractivity contribution in [2.45, 2.75) is 25.8 Å². The number of aryl methyl sites for hydroxylation is 1. The molecular formula is C24H29N5OS. The molecule has 1 saturated heterocycles.